The van der Waals surface area contributed by atoms with Crippen molar-refractivity contribution in [1.82, 2.24) is 9.88 Å². The van der Waals surface area contributed by atoms with Crippen molar-refractivity contribution in [3.63, 3.8) is 0 Å². The van der Waals surface area contributed by atoms with Crippen LogP contribution in [0.2, 0.25) is 5.02 Å². The Morgan fingerprint density at radius 1 is 1.45 bits per heavy atom. The predicted molar refractivity (Wildman–Crippen MR) is 79.0 cm³/mol. The second-order valence-corrected chi connectivity index (χ2v) is 5.79. The maximum absolute atomic E-state index is 10.8. The number of hydrogen-bond acceptors (Lipinski definition) is 2. The topological polar surface area (TPSA) is 56.3 Å². The SMILES string of the molecule is O=C(O)CCN(Cc1c[nH]c2cc(Cl)ccc12)C1CC1. The third kappa shape index (κ3) is 2.97. The molecule has 0 bridgehead atoms. The van der Waals surface area contributed by atoms with Crippen LogP contribution in [0.5, 0.6) is 0 Å². The van der Waals surface area contributed by atoms with Crippen LogP contribution in [0.25, 0.3) is 10.9 Å². The van der Waals surface area contributed by atoms with E-state index in [-0.39, 0.29) is 6.42 Å². The molecular weight excluding hydrogens is 276 g/mol. The molecule has 1 saturated carbocycles. The lowest BCUT2D eigenvalue weighted by Gasteiger charge is -2.20. The summed E-state index contributed by atoms with van der Waals surface area (Å²) in [6.07, 6.45) is 4.55. The summed E-state index contributed by atoms with van der Waals surface area (Å²) in [5, 5.41) is 10.7. The first-order valence-corrected chi connectivity index (χ1v) is 7.22. The highest BCUT2D eigenvalue weighted by Crippen LogP contribution is 2.30. The Kier molecular flexibility index (Phi) is 3.68. The van der Waals surface area contributed by atoms with Gasteiger partial charge in [0.2, 0.25) is 0 Å². The van der Waals surface area contributed by atoms with E-state index in [0.717, 1.165) is 22.5 Å². The summed E-state index contributed by atoms with van der Waals surface area (Å²) in [6.45, 7) is 1.40. The third-order valence-electron chi connectivity index (χ3n) is 3.78. The van der Waals surface area contributed by atoms with Crippen LogP contribution in [-0.2, 0) is 11.3 Å². The lowest BCUT2D eigenvalue weighted by atomic mass is 10.1. The number of H-pyrrole nitrogens is 1. The molecule has 4 nitrogen and oxygen atoms in total. The molecule has 0 spiro atoms. The molecule has 0 aliphatic heterocycles. The van der Waals surface area contributed by atoms with Gasteiger partial charge in [-0.15, -0.1) is 0 Å². The number of nitrogens with one attached hydrogen (secondary N) is 1. The molecule has 0 saturated heterocycles. The van der Waals surface area contributed by atoms with Crippen molar-refractivity contribution in [2.45, 2.75) is 31.8 Å². The number of hydrogen-bond donors (Lipinski definition) is 2. The van der Waals surface area contributed by atoms with E-state index in [2.05, 4.69) is 9.88 Å². The number of halogens is 1. The fourth-order valence-corrected chi connectivity index (χ4v) is 2.75. The Balaban J connectivity index is 1.77. The van der Waals surface area contributed by atoms with E-state index < -0.39 is 5.97 Å². The molecule has 20 heavy (non-hydrogen) atoms. The average Bonchev–Trinajstić information content (AvgIpc) is 3.17. The van der Waals surface area contributed by atoms with Crippen LogP contribution in [0.3, 0.4) is 0 Å². The standard InChI is InChI=1S/C15H17ClN2O2/c16-11-1-4-13-10(8-17-14(13)7-11)9-18(12-2-3-12)6-5-15(19)20/h1,4,7-8,12,17H,2-3,5-6,9H2,(H,19,20). The summed E-state index contributed by atoms with van der Waals surface area (Å²) in [6, 6.07) is 6.37. The van der Waals surface area contributed by atoms with Gasteiger partial charge in [0.1, 0.15) is 0 Å². The van der Waals surface area contributed by atoms with Gasteiger partial charge in [0.25, 0.3) is 0 Å². The number of carboxylic acids is 1. The number of carbonyl (C=O) groups is 1. The number of aliphatic carboxylic acids is 1. The van der Waals surface area contributed by atoms with E-state index in [1.54, 1.807) is 0 Å². The van der Waals surface area contributed by atoms with E-state index in [1.165, 1.54) is 18.4 Å². The van der Waals surface area contributed by atoms with Crippen LogP contribution in [0.15, 0.2) is 24.4 Å². The number of nitrogens with zero attached hydrogens (tertiary/aromatic N) is 1. The van der Waals surface area contributed by atoms with Crippen LogP contribution in [0.1, 0.15) is 24.8 Å². The van der Waals surface area contributed by atoms with Crippen LogP contribution in [-0.4, -0.2) is 33.5 Å². The molecule has 1 fully saturated rings. The van der Waals surface area contributed by atoms with Crippen molar-refractivity contribution >= 4 is 28.5 Å². The smallest absolute Gasteiger partial charge is 0.304 e. The quantitative estimate of drug-likeness (QED) is 0.859. The van der Waals surface area contributed by atoms with Gasteiger partial charge in [0, 0.05) is 41.3 Å². The van der Waals surface area contributed by atoms with Crippen LogP contribution < -0.4 is 0 Å². The van der Waals surface area contributed by atoms with E-state index in [9.17, 15) is 4.79 Å². The molecule has 0 unspecified atom stereocenters. The summed E-state index contributed by atoms with van der Waals surface area (Å²) >= 11 is 5.98. The first-order valence-electron chi connectivity index (χ1n) is 6.85. The number of rotatable bonds is 6. The average molecular weight is 293 g/mol. The van der Waals surface area contributed by atoms with Gasteiger partial charge in [-0.3, -0.25) is 9.69 Å². The molecule has 0 atom stereocenters. The number of benzene rings is 1. The molecule has 1 aromatic carbocycles. The summed E-state index contributed by atoms with van der Waals surface area (Å²) in [7, 11) is 0. The Bertz CT molecular complexity index is 634. The molecule has 1 heterocycles. The Morgan fingerprint density at radius 3 is 2.95 bits per heavy atom. The van der Waals surface area contributed by atoms with Crippen molar-refractivity contribution < 1.29 is 9.90 Å². The number of aromatic nitrogens is 1. The molecule has 5 heteroatoms. The molecule has 0 radical (unpaired) electrons. The van der Waals surface area contributed by atoms with Gasteiger partial charge in [-0.25, -0.2) is 0 Å². The lowest BCUT2D eigenvalue weighted by Crippen LogP contribution is -2.28. The number of fused-ring (bicyclic) bond motifs is 1. The highest BCUT2D eigenvalue weighted by molar-refractivity contribution is 6.31. The highest BCUT2D eigenvalue weighted by Gasteiger charge is 2.29. The van der Waals surface area contributed by atoms with Crippen molar-refractivity contribution in [2.75, 3.05) is 6.54 Å². The zero-order valence-electron chi connectivity index (χ0n) is 11.1. The summed E-state index contributed by atoms with van der Waals surface area (Å²) < 4.78 is 0. The first kappa shape index (κ1) is 13.5. The van der Waals surface area contributed by atoms with Gasteiger partial charge in [0.15, 0.2) is 0 Å². The van der Waals surface area contributed by atoms with E-state index >= 15 is 0 Å². The minimum absolute atomic E-state index is 0.199. The molecule has 1 aliphatic carbocycles. The Labute approximate surface area is 122 Å². The van der Waals surface area contributed by atoms with E-state index in [1.807, 2.05) is 24.4 Å². The Hall–Kier alpha value is -1.52. The van der Waals surface area contributed by atoms with Gasteiger partial charge in [-0.05, 0) is 30.5 Å². The summed E-state index contributed by atoms with van der Waals surface area (Å²) in [4.78, 5) is 16.3. The molecule has 1 aromatic heterocycles. The summed E-state index contributed by atoms with van der Waals surface area (Å²) in [5.41, 5.74) is 2.23. The second-order valence-electron chi connectivity index (χ2n) is 5.35. The third-order valence-corrected chi connectivity index (χ3v) is 4.01. The molecule has 2 N–H and O–H groups in total. The summed E-state index contributed by atoms with van der Waals surface area (Å²) in [5.74, 6) is -0.735. The van der Waals surface area contributed by atoms with Crippen molar-refractivity contribution in [3.05, 3.63) is 35.0 Å². The first-order chi connectivity index (χ1) is 9.63. The molecule has 3 rings (SSSR count). The lowest BCUT2D eigenvalue weighted by molar-refractivity contribution is -0.137. The maximum atomic E-state index is 10.8. The predicted octanol–water partition coefficient (Wildman–Crippen LogP) is 3.26. The normalized spacial score (nSPS) is 15.1. The molecule has 2 aromatic rings. The maximum Gasteiger partial charge on any atom is 0.304 e. The van der Waals surface area contributed by atoms with Gasteiger partial charge < -0.3 is 10.1 Å². The van der Waals surface area contributed by atoms with Gasteiger partial charge in [-0.2, -0.15) is 0 Å². The molecule has 1 aliphatic rings. The molecular formula is C15H17ClN2O2. The minimum atomic E-state index is -0.735. The molecule has 0 amide bonds. The van der Waals surface area contributed by atoms with Gasteiger partial charge in [0.05, 0.1) is 6.42 Å². The molecule has 106 valence electrons. The number of carboxylic acid groups (broad SMARTS) is 1. The zero-order valence-corrected chi connectivity index (χ0v) is 11.9. The van der Waals surface area contributed by atoms with Crippen molar-refractivity contribution in [3.8, 4) is 0 Å². The van der Waals surface area contributed by atoms with E-state index in [4.69, 9.17) is 16.7 Å². The minimum Gasteiger partial charge on any atom is -0.481 e. The highest BCUT2D eigenvalue weighted by atomic mass is 35.5. The van der Waals surface area contributed by atoms with Gasteiger partial charge in [-0.1, -0.05) is 17.7 Å². The zero-order chi connectivity index (χ0) is 14.1. The largest absolute Gasteiger partial charge is 0.481 e. The van der Waals surface area contributed by atoms with Crippen LogP contribution in [0.4, 0.5) is 0 Å². The number of aromatic amines is 1. The van der Waals surface area contributed by atoms with Crippen LogP contribution in [0, 0.1) is 0 Å². The Morgan fingerprint density at radius 2 is 2.25 bits per heavy atom. The van der Waals surface area contributed by atoms with Crippen LogP contribution >= 0.6 is 11.6 Å². The van der Waals surface area contributed by atoms with E-state index in [0.29, 0.717) is 12.6 Å². The van der Waals surface area contributed by atoms with Crippen molar-refractivity contribution in [1.29, 1.82) is 0 Å². The van der Waals surface area contributed by atoms with Gasteiger partial charge >= 0.3 is 5.97 Å². The second kappa shape index (κ2) is 5.46. The monoisotopic (exact) mass is 292 g/mol. The fourth-order valence-electron chi connectivity index (χ4n) is 2.58. The fraction of sp³-hybridized carbons (Fsp3) is 0.400. The van der Waals surface area contributed by atoms with Crippen molar-refractivity contribution in [2.24, 2.45) is 0 Å².